The Labute approximate surface area is 67.2 Å². The summed E-state index contributed by atoms with van der Waals surface area (Å²) in [5.41, 5.74) is 2.49. The minimum atomic E-state index is 0.670. The zero-order chi connectivity index (χ0) is 8.27. The molecular formula is C7H16N4. The van der Waals surface area contributed by atoms with Gasteiger partial charge in [0, 0.05) is 13.6 Å². The normalized spacial score (nSPS) is 29.9. The van der Waals surface area contributed by atoms with Gasteiger partial charge in [0.1, 0.15) is 0 Å². The van der Waals surface area contributed by atoms with Gasteiger partial charge in [-0.1, -0.05) is 6.92 Å². The number of nitrogens with two attached hydrogens (primary N) is 1. The highest BCUT2D eigenvalue weighted by Crippen LogP contribution is 2.36. The highest BCUT2D eigenvalue weighted by molar-refractivity contribution is 5.78. The molecule has 64 valence electrons. The van der Waals surface area contributed by atoms with Gasteiger partial charge in [-0.05, 0) is 18.3 Å². The van der Waals surface area contributed by atoms with Crippen molar-refractivity contribution in [2.75, 3.05) is 13.6 Å². The molecule has 1 fully saturated rings. The van der Waals surface area contributed by atoms with Crippen LogP contribution in [0.5, 0.6) is 0 Å². The molecule has 4 nitrogen and oxygen atoms in total. The summed E-state index contributed by atoms with van der Waals surface area (Å²) in [6, 6.07) is 0. The molecule has 0 aliphatic heterocycles. The maximum Gasteiger partial charge on any atom is 0.205 e. The molecule has 1 aliphatic rings. The van der Waals surface area contributed by atoms with Gasteiger partial charge in [0.15, 0.2) is 0 Å². The predicted molar refractivity (Wildman–Crippen MR) is 46.0 cm³/mol. The largest absolute Gasteiger partial charge is 0.355 e. The van der Waals surface area contributed by atoms with Crippen LogP contribution < -0.4 is 16.6 Å². The average molecular weight is 156 g/mol. The van der Waals surface area contributed by atoms with Crippen LogP contribution in [0.3, 0.4) is 0 Å². The van der Waals surface area contributed by atoms with Crippen molar-refractivity contribution >= 4 is 5.96 Å². The molecule has 4 heteroatoms. The van der Waals surface area contributed by atoms with Crippen LogP contribution in [-0.2, 0) is 0 Å². The van der Waals surface area contributed by atoms with E-state index in [9.17, 15) is 0 Å². The summed E-state index contributed by atoms with van der Waals surface area (Å²) in [6.07, 6.45) is 1.33. The molecule has 0 heterocycles. The van der Waals surface area contributed by atoms with Crippen LogP contribution in [0.2, 0.25) is 0 Å². The lowest BCUT2D eigenvalue weighted by Crippen LogP contribution is -2.42. The minimum absolute atomic E-state index is 0.670. The van der Waals surface area contributed by atoms with Gasteiger partial charge in [0.25, 0.3) is 0 Å². The van der Waals surface area contributed by atoms with Crippen molar-refractivity contribution in [1.82, 2.24) is 10.7 Å². The Kier molecular flexibility index (Phi) is 2.70. The number of hydrogen-bond donors (Lipinski definition) is 3. The van der Waals surface area contributed by atoms with Crippen molar-refractivity contribution < 1.29 is 0 Å². The van der Waals surface area contributed by atoms with Crippen LogP contribution in [0.25, 0.3) is 0 Å². The van der Waals surface area contributed by atoms with Crippen LogP contribution in [-0.4, -0.2) is 19.6 Å². The second kappa shape index (κ2) is 3.57. The quantitative estimate of drug-likeness (QED) is 0.222. The molecule has 0 amide bonds. The first-order valence-electron chi connectivity index (χ1n) is 3.95. The first-order valence-corrected chi connectivity index (χ1v) is 3.95. The summed E-state index contributed by atoms with van der Waals surface area (Å²) in [5, 5.41) is 3.13. The number of hydrazine groups is 1. The Hall–Kier alpha value is -0.770. The minimum Gasteiger partial charge on any atom is -0.355 e. The fraction of sp³-hybridized carbons (Fsp3) is 0.857. The number of aliphatic imine (C=N–C) groups is 1. The van der Waals surface area contributed by atoms with E-state index in [2.05, 4.69) is 22.7 Å². The molecule has 0 bridgehead atoms. The van der Waals surface area contributed by atoms with Crippen molar-refractivity contribution in [2.45, 2.75) is 13.3 Å². The monoisotopic (exact) mass is 156 g/mol. The molecule has 1 saturated carbocycles. The van der Waals surface area contributed by atoms with Crippen LogP contribution in [0.4, 0.5) is 0 Å². The number of hydrogen-bond acceptors (Lipinski definition) is 2. The zero-order valence-electron chi connectivity index (χ0n) is 7.09. The van der Waals surface area contributed by atoms with Gasteiger partial charge in [0.05, 0.1) is 0 Å². The Morgan fingerprint density at radius 2 is 2.36 bits per heavy atom. The molecule has 2 unspecified atom stereocenters. The van der Waals surface area contributed by atoms with Gasteiger partial charge in [-0.15, -0.1) is 0 Å². The lowest BCUT2D eigenvalue weighted by molar-refractivity contribution is 0.697. The molecule has 0 spiro atoms. The van der Waals surface area contributed by atoms with E-state index in [1.165, 1.54) is 6.42 Å². The number of rotatable bonds is 2. The Bertz CT molecular complexity index is 155. The molecular weight excluding hydrogens is 140 g/mol. The number of guanidine groups is 1. The average Bonchev–Trinajstić information content (AvgIpc) is 2.69. The molecule has 0 aromatic rings. The maximum atomic E-state index is 5.18. The van der Waals surface area contributed by atoms with E-state index in [0.717, 1.165) is 18.4 Å². The molecule has 0 radical (unpaired) electrons. The smallest absolute Gasteiger partial charge is 0.205 e. The van der Waals surface area contributed by atoms with Crippen molar-refractivity contribution in [3.8, 4) is 0 Å². The van der Waals surface area contributed by atoms with Crippen LogP contribution in [0.15, 0.2) is 4.99 Å². The number of nitrogens with one attached hydrogen (secondary N) is 2. The van der Waals surface area contributed by atoms with E-state index >= 15 is 0 Å². The third kappa shape index (κ3) is 2.38. The molecule has 11 heavy (non-hydrogen) atoms. The summed E-state index contributed by atoms with van der Waals surface area (Å²) < 4.78 is 0. The third-order valence-electron chi connectivity index (χ3n) is 2.17. The first-order chi connectivity index (χ1) is 5.27. The SMILES string of the molecule is CN=C(NN)NCC1CC1C. The van der Waals surface area contributed by atoms with Gasteiger partial charge in [0.2, 0.25) is 5.96 Å². The predicted octanol–water partition coefficient (Wildman–Crippen LogP) is -0.319. The van der Waals surface area contributed by atoms with Crippen molar-refractivity contribution in [3.63, 3.8) is 0 Å². The van der Waals surface area contributed by atoms with Gasteiger partial charge in [-0.2, -0.15) is 0 Å². The Morgan fingerprint density at radius 3 is 2.73 bits per heavy atom. The summed E-state index contributed by atoms with van der Waals surface area (Å²) in [4.78, 5) is 3.90. The summed E-state index contributed by atoms with van der Waals surface area (Å²) in [5.74, 6) is 7.54. The van der Waals surface area contributed by atoms with E-state index in [1.54, 1.807) is 7.05 Å². The van der Waals surface area contributed by atoms with Gasteiger partial charge in [-0.25, -0.2) is 5.84 Å². The van der Waals surface area contributed by atoms with E-state index in [0.29, 0.717) is 5.96 Å². The van der Waals surface area contributed by atoms with E-state index in [1.807, 2.05) is 0 Å². The topological polar surface area (TPSA) is 62.4 Å². The molecule has 1 aliphatic carbocycles. The lowest BCUT2D eigenvalue weighted by Gasteiger charge is -2.06. The molecule has 0 aromatic heterocycles. The lowest BCUT2D eigenvalue weighted by atomic mass is 10.3. The molecule has 0 saturated heterocycles. The van der Waals surface area contributed by atoms with Gasteiger partial charge < -0.3 is 5.32 Å². The Balaban J connectivity index is 2.11. The summed E-state index contributed by atoms with van der Waals surface area (Å²) >= 11 is 0. The fourth-order valence-corrected chi connectivity index (χ4v) is 1.11. The molecule has 1 rings (SSSR count). The number of nitrogens with zero attached hydrogens (tertiary/aromatic N) is 1. The first kappa shape index (κ1) is 8.33. The van der Waals surface area contributed by atoms with Crippen LogP contribution >= 0.6 is 0 Å². The zero-order valence-corrected chi connectivity index (χ0v) is 7.09. The van der Waals surface area contributed by atoms with E-state index in [4.69, 9.17) is 5.84 Å². The molecule has 4 N–H and O–H groups in total. The third-order valence-corrected chi connectivity index (χ3v) is 2.17. The van der Waals surface area contributed by atoms with Gasteiger partial charge >= 0.3 is 0 Å². The fourth-order valence-electron chi connectivity index (χ4n) is 1.11. The van der Waals surface area contributed by atoms with Crippen LogP contribution in [0.1, 0.15) is 13.3 Å². The Morgan fingerprint density at radius 1 is 1.73 bits per heavy atom. The van der Waals surface area contributed by atoms with Crippen molar-refractivity contribution in [2.24, 2.45) is 22.7 Å². The molecule has 0 aromatic carbocycles. The molecule has 2 atom stereocenters. The second-order valence-electron chi connectivity index (χ2n) is 3.07. The van der Waals surface area contributed by atoms with Crippen molar-refractivity contribution in [1.29, 1.82) is 0 Å². The van der Waals surface area contributed by atoms with E-state index in [-0.39, 0.29) is 0 Å². The van der Waals surface area contributed by atoms with Crippen LogP contribution in [0, 0.1) is 11.8 Å². The van der Waals surface area contributed by atoms with Gasteiger partial charge in [-0.3, -0.25) is 10.4 Å². The highest BCUT2D eigenvalue weighted by atomic mass is 15.3. The standard InChI is InChI=1S/C7H16N4/c1-5-3-6(5)4-10-7(9-2)11-8/h5-6H,3-4,8H2,1-2H3,(H2,9,10,11). The summed E-state index contributed by atoms with van der Waals surface area (Å²) in [7, 11) is 1.71. The summed E-state index contributed by atoms with van der Waals surface area (Å²) in [6.45, 7) is 3.24. The van der Waals surface area contributed by atoms with Crippen molar-refractivity contribution in [3.05, 3.63) is 0 Å². The highest BCUT2D eigenvalue weighted by Gasteiger charge is 2.31. The maximum absolute atomic E-state index is 5.18. The van der Waals surface area contributed by atoms with E-state index < -0.39 is 0 Å². The second-order valence-corrected chi connectivity index (χ2v) is 3.07.